The van der Waals surface area contributed by atoms with E-state index in [0.717, 1.165) is 83.6 Å². The van der Waals surface area contributed by atoms with E-state index in [1.54, 1.807) is 0 Å². The molecule has 0 saturated carbocycles. The van der Waals surface area contributed by atoms with E-state index < -0.39 is 0 Å². The lowest BCUT2D eigenvalue weighted by atomic mass is 9.94. The number of aromatic nitrogens is 9. The minimum Gasteiger partial charge on any atom is -0.278 e. The van der Waals surface area contributed by atoms with E-state index in [2.05, 4.69) is 164 Å². The zero-order valence-electron chi connectivity index (χ0n) is 36.2. The standard InChI is InChI=1S/C59H35N9/c1-3-15-36(16-4-1)55-62-56(37-17-5-2-6-18-37)64-57(63-55)68-52-32-28-39(34-54(52)67-50-26-14-12-24-48(50)61-59(67)68)38-27-31-51-53(33-38)66-49-25-13-11-23-47(49)60-58(66)65(51)40-29-30-45-43-21-8-7-19-41(43)42-20-9-10-22-44(42)46(45)35-40/h1-35H. The zero-order chi connectivity index (χ0) is 44.5. The Morgan fingerprint density at radius 3 is 1.25 bits per heavy atom. The highest BCUT2D eigenvalue weighted by molar-refractivity contribution is 6.25. The maximum atomic E-state index is 5.30. The van der Waals surface area contributed by atoms with Gasteiger partial charge >= 0.3 is 0 Å². The second kappa shape index (κ2) is 14.0. The fourth-order valence-corrected chi connectivity index (χ4v) is 10.5. The van der Waals surface area contributed by atoms with Crippen molar-refractivity contribution in [3.8, 4) is 45.5 Å². The Bertz CT molecular complexity index is 4470. The first kappa shape index (κ1) is 36.8. The number of imidazole rings is 4. The maximum Gasteiger partial charge on any atom is 0.241 e. The van der Waals surface area contributed by atoms with Gasteiger partial charge in [0.1, 0.15) is 0 Å². The molecule has 9 heteroatoms. The van der Waals surface area contributed by atoms with Crippen LogP contribution in [0.25, 0.3) is 134 Å². The molecule has 0 unspecified atom stereocenters. The van der Waals surface area contributed by atoms with Gasteiger partial charge in [-0.15, -0.1) is 0 Å². The van der Waals surface area contributed by atoms with Crippen LogP contribution in [0.3, 0.4) is 0 Å². The fourth-order valence-electron chi connectivity index (χ4n) is 10.5. The SMILES string of the molecule is c1ccc(-c2nc(-c3ccccc3)nc(-n3c4ccc(-c5ccc6c(c5)n5c7ccccc7nc5n6-c5ccc6c7ccccc7c7ccccc7c6c5)cc4n4c5ccccc5nc34)n2)cc1. The van der Waals surface area contributed by atoms with E-state index in [-0.39, 0.29) is 0 Å². The summed E-state index contributed by atoms with van der Waals surface area (Å²) in [5.41, 5.74) is 13.0. The summed E-state index contributed by atoms with van der Waals surface area (Å²) in [6, 6.07) is 74.6. The Balaban J connectivity index is 0.953. The van der Waals surface area contributed by atoms with Crippen molar-refractivity contribution in [2.45, 2.75) is 0 Å². The Hall–Kier alpha value is -9.47. The third kappa shape index (κ3) is 5.29. The molecular formula is C59H35N9. The molecule has 0 atom stereocenters. The monoisotopic (exact) mass is 869 g/mol. The molecule has 0 bridgehead atoms. The largest absolute Gasteiger partial charge is 0.278 e. The van der Waals surface area contributed by atoms with Crippen molar-refractivity contribution in [3.05, 3.63) is 212 Å². The van der Waals surface area contributed by atoms with Crippen LogP contribution in [-0.4, -0.2) is 42.9 Å². The van der Waals surface area contributed by atoms with E-state index in [1.165, 1.54) is 32.3 Å². The Morgan fingerprint density at radius 1 is 0.265 bits per heavy atom. The van der Waals surface area contributed by atoms with Crippen molar-refractivity contribution < 1.29 is 0 Å². The van der Waals surface area contributed by atoms with Gasteiger partial charge in [0, 0.05) is 16.8 Å². The van der Waals surface area contributed by atoms with Gasteiger partial charge in [-0.1, -0.05) is 152 Å². The third-order valence-corrected chi connectivity index (χ3v) is 13.6. The van der Waals surface area contributed by atoms with E-state index in [0.29, 0.717) is 17.6 Å². The number of fused-ring (bicyclic) bond motifs is 16. The minimum atomic E-state index is 0.493. The number of benzene rings is 10. The molecule has 0 N–H and O–H groups in total. The average Bonchev–Trinajstić information content (AvgIpc) is 4.15. The van der Waals surface area contributed by atoms with Crippen LogP contribution in [0.5, 0.6) is 0 Å². The highest BCUT2D eigenvalue weighted by Crippen LogP contribution is 2.39. The van der Waals surface area contributed by atoms with Gasteiger partial charge in [-0.05, 0) is 104 Å². The highest BCUT2D eigenvalue weighted by atomic mass is 15.3. The van der Waals surface area contributed by atoms with Crippen LogP contribution in [0.2, 0.25) is 0 Å². The highest BCUT2D eigenvalue weighted by Gasteiger charge is 2.23. The van der Waals surface area contributed by atoms with E-state index in [4.69, 9.17) is 24.9 Å². The predicted molar refractivity (Wildman–Crippen MR) is 275 cm³/mol. The van der Waals surface area contributed by atoms with Gasteiger partial charge in [-0.2, -0.15) is 9.97 Å². The lowest BCUT2D eigenvalue weighted by Gasteiger charge is -2.13. The van der Waals surface area contributed by atoms with Crippen LogP contribution in [0.15, 0.2) is 212 Å². The predicted octanol–water partition coefficient (Wildman–Crippen LogP) is 13.8. The Labute approximate surface area is 387 Å². The van der Waals surface area contributed by atoms with Gasteiger partial charge in [0.25, 0.3) is 0 Å². The number of para-hydroxylation sites is 4. The van der Waals surface area contributed by atoms with Gasteiger partial charge in [-0.3, -0.25) is 13.4 Å². The molecule has 0 amide bonds. The Kier molecular flexibility index (Phi) is 7.59. The summed E-state index contributed by atoms with van der Waals surface area (Å²) >= 11 is 0. The van der Waals surface area contributed by atoms with Gasteiger partial charge in [-0.25, -0.2) is 19.5 Å². The molecule has 0 fully saturated rings. The average molecular weight is 870 g/mol. The van der Waals surface area contributed by atoms with Gasteiger partial charge in [0.15, 0.2) is 11.6 Å². The second-order valence-corrected chi connectivity index (χ2v) is 17.4. The minimum absolute atomic E-state index is 0.493. The lowest BCUT2D eigenvalue weighted by molar-refractivity contribution is 0.937. The first-order chi connectivity index (χ1) is 33.7. The van der Waals surface area contributed by atoms with Crippen molar-refractivity contribution in [1.82, 2.24) is 42.9 Å². The first-order valence-electron chi connectivity index (χ1n) is 22.8. The molecule has 5 aromatic heterocycles. The summed E-state index contributed by atoms with van der Waals surface area (Å²) in [5.74, 6) is 3.26. The first-order valence-corrected chi connectivity index (χ1v) is 22.8. The normalized spacial score (nSPS) is 12.1. The van der Waals surface area contributed by atoms with Crippen LogP contribution < -0.4 is 0 Å². The molecule has 9 nitrogen and oxygen atoms in total. The molecule has 0 saturated heterocycles. The molecule has 0 radical (unpaired) electrons. The van der Waals surface area contributed by atoms with Gasteiger partial charge in [0.2, 0.25) is 17.5 Å². The van der Waals surface area contributed by atoms with E-state index in [1.807, 2.05) is 66.7 Å². The molecule has 15 rings (SSSR count). The zero-order valence-corrected chi connectivity index (χ0v) is 36.2. The summed E-state index contributed by atoms with van der Waals surface area (Å²) in [5, 5.41) is 7.45. The molecule has 0 aliphatic carbocycles. The summed E-state index contributed by atoms with van der Waals surface area (Å²) in [7, 11) is 0. The quantitative estimate of drug-likeness (QED) is 0.161. The van der Waals surface area contributed by atoms with Crippen molar-refractivity contribution >= 4 is 88.0 Å². The van der Waals surface area contributed by atoms with Crippen LogP contribution in [0, 0.1) is 0 Å². The third-order valence-electron chi connectivity index (χ3n) is 13.6. The fraction of sp³-hybridized carbons (Fsp3) is 0. The molecule has 15 aromatic rings. The summed E-state index contributed by atoms with van der Waals surface area (Å²) in [6.45, 7) is 0. The van der Waals surface area contributed by atoms with Crippen LogP contribution in [0.4, 0.5) is 0 Å². The number of hydrogen-bond donors (Lipinski definition) is 0. The van der Waals surface area contributed by atoms with Gasteiger partial charge in [0.05, 0.1) is 44.1 Å². The molecule has 316 valence electrons. The Morgan fingerprint density at radius 2 is 0.706 bits per heavy atom. The summed E-state index contributed by atoms with van der Waals surface area (Å²) in [6.07, 6.45) is 0. The molecule has 10 aromatic carbocycles. The molecular weight excluding hydrogens is 835 g/mol. The molecule has 0 aliphatic rings. The lowest BCUT2D eigenvalue weighted by Crippen LogP contribution is -2.07. The molecule has 5 heterocycles. The van der Waals surface area contributed by atoms with Crippen molar-refractivity contribution in [2.24, 2.45) is 0 Å². The summed E-state index contributed by atoms with van der Waals surface area (Å²) < 4.78 is 8.92. The number of nitrogens with zero attached hydrogens (tertiary/aromatic N) is 9. The van der Waals surface area contributed by atoms with Gasteiger partial charge < -0.3 is 0 Å². The molecule has 0 spiro atoms. The topological polar surface area (TPSA) is 83.1 Å². The van der Waals surface area contributed by atoms with Crippen molar-refractivity contribution in [2.75, 3.05) is 0 Å². The second-order valence-electron chi connectivity index (χ2n) is 17.4. The smallest absolute Gasteiger partial charge is 0.241 e. The van der Waals surface area contributed by atoms with Crippen LogP contribution in [0.1, 0.15) is 0 Å². The van der Waals surface area contributed by atoms with Crippen LogP contribution >= 0.6 is 0 Å². The van der Waals surface area contributed by atoms with Crippen molar-refractivity contribution in [1.29, 1.82) is 0 Å². The van der Waals surface area contributed by atoms with E-state index in [9.17, 15) is 0 Å². The number of hydrogen-bond acceptors (Lipinski definition) is 5. The van der Waals surface area contributed by atoms with Crippen molar-refractivity contribution in [3.63, 3.8) is 0 Å². The number of rotatable bonds is 5. The van der Waals surface area contributed by atoms with E-state index >= 15 is 0 Å². The molecule has 68 heavy (non-hydrogen) atoms. The molecule has 0 aliphatic heterocycles. The maximum absolute atomic E-state index is 5.30. The summed E-state index contributed by atoms with van der Waals surface area (Å²) in [4.78, 5) is 25.8. The van der Waals surface area contributed by atoms with Crippen LogP contribution in [-0.2, 0) is 0 Å².